The van der Waals surface area contributed by atoms with Crippen LogP contribution >= 0.6 is 0 Å². The van der Waals surface area contributed by atoms with E-state index in [9.17, 15) is 9.59 Å². The van der Waals surface area contributed by atoms with Gasteiger partial charge in [0.1, 0.15) is 5.75 Å². The third kappa shape index (κ3) is 3.74. The van der Waals surface area contributed by atoms with Crippen molar-refractivity contribution in [2.75, 3.05) is 10.6 Å². The van der Waals surface area contributed by atoms with Crippen molar-refractivity contribution in [1.29, 1.82) is 0 Å². The number of carbonyl (C=O) groups is 2. The number of para-hydroxylation sites is 1. The van der Waals surface area contributed by atoms with Gasteiger partial charge in [-0.2, -0.15) is 0 Å². The number of ether oxygens (including phenoxy) is 2. The number of hydrogen-bond donors (Lipinski definition) is 2. The number of amides is 2. The highest BCUT2D eigenvalue weighted by Crippen LogP contribution is 2.33. The first-order valence-corrected chi connectivity index (χ1v) is 8.12. The first-order valence-electron chi connectivity index (χ1n) is 8.12. The maximum atomic E-state index is 12.6. The monoisotopic (exact) mass is 340 g/mol. The van der Waals surface area contributed by atoms with Crippen molar-refractivity contribution in [3.05, 3.63) is 48.0 Å². The Hall–Kier alpha value is -3.02. The van der Waals surface area contributed by atoms with Crippen molar-refractivity contribution in [2.45, 2.75) is 33.0 Å². The zero-order valence-electron chi connectivity index (χ0n) is 14.3. The summed E-state index contributed by atoms with van der Waals surface area (Å²) in [5, 5.41) is 5.56. The molecule has 0 spiro atoms. The second kappa shape index (κ2) is 6.84. The van der Waals surface area contributed by atoms with Crippen LogP contribution in [0.3, 0.4) is 0 Å². The summed E-state index contributed by atoms with van der Waals surface area (Å²) in [4.78, 5) is 24.3. The van der Waals surface area contributed by atoms with Gasteiger partial charge in [0, 0.05) is 5.69 Å². The molecule has 6 heteroatoms. The van der Waals surface area contributed by atoms with Crippen LogP contribution in [0.15, 0.2) is 42.5 Å². The Balaban J connectivity index is 1.78. The van der Waals surface area contributed by atoms with Gasteiger partial charge in [-0.15, -0.1) is 0 Å². The molecule has 0 bridgehead atoms. The predicted molar refractivity (Wildman–Crippen MR) is 95.3 cm³/mol. The van der Waals surface area contributed by atoms with Crippen LogP contribution in [0.2, 0.25) is 0 Å². The number of rotatable bonds is 4. The average molecular weight is 340 g/mol. The average Bonchev–Trinajstić information content (AvgIpc) is 2.56. The van der Waals surface area contributed by atoms with Gasteiger partial charge in [-0.25, -0.2) is 0 Å². The van der Waals surface area contributed by atoms with E-state index in [2.05, 4.69) is 10.6 Å². The highest BCUT2D eigenvalue weighted by atomic mass is 16.5. The molecular formula is C19H20N2O4. The topological polar surface area (TPSA) is 76.7 Å². The van der Waals surface area contributed by atoms with Gasteiger partial charge in [-0.05, 0) is 57.2 Å². The summed E-state index contributed by atoms with van der Waals surface area (Å²) in [6, 6.07) is 12.2. The lowest BCUT2D eigenvalue weighted by Crippen LogP contribution is -2.35. The molecule has 0 saturated heterocycles. The molecule has 2 aromatic rings. The molecule has 2 aromatic carbocycles. The van der Waals surface area contributed by atoms with Crippen LogP contribution in [0.4, 0.5) is 11.4 Å². The van der Waals surface area contributed by atoms with E-state index in [4.69, 9.17) is 9.47 Å². The summed E-state index contributed by atoms with van der Waals surface area (Å²) in [7, 11) is 0. The van der Waals surface area contributed by atoms with Gasteiger partial charge in [0.05, 0.1) is 17.4 Å². The first kappa shape index (κ1) is 16.8. The van der Waals surface area contributed by atoms with Crippen LogP contribution in [0.5, 0.6) is 11.5 Å². The minimum absolute atomic E-state index is 0.0885. The number of fused-ring (bicyclic) bond motifs is 1. The highest BCUT2D eigenvalue weighted by Gasteiger charge is 2.27. The highest BCUT2D eigenvalue weighted by molar-refractivity contribution is 6.09. The fourth-order valence-corrected chi connectivity index (χ4v) is 2.49. The number of nitrogens with one attached hydrogen (secondary N) is 2. The molecule has 0 saturated carbocycles. The fraction of sp³-hybridized carbons (Fsp3) is 0.263. The van der Waals surface area contributed by atoms with E-state index < -0.39 is 6.10 Å². The van der Waals surface area contributed by atoms with Gasteiger partial charge in [0.15, 0.2) is 11.9 Å². The van der Waals surface area contributed by atoms with Crippen molar-refractivity contribution in [3.63, 3.8) is 0 Å². The van der Waals surface area contributed by atoms with Crippen LogP contribution in [-0.4, -0.2) is 24.0 Å². The summed E-state index contributed by atoms with van der Waals surface area (Å²) in [6.07, 6.45) is -0.556. The molecule has 0 radical (unpaired) electrons. The lowest BCUT2D eigenvalue weighted by molar-refractivity contribution is -0.122. The van der Waals surface area contributed by atoms with Crippen LogP contribution < -0.4 is 20.1 Å². The molecule has 0 aromatic heterocycles. The maximum Gasteiger partial charge on any atom is 0.265 e. The van der Waals surface area contributed by atoms with E-state index in [-0.39, 0.29) is 17.9 Å². The van der Waals surface area contributed by atoms with E-state index in [0.717, 1.165) is 5.75 Å². The normalized spacial score (nSPS) is 15.8. The Bertz CT molecular complexity index is 800. The Morgan fingerprint density at radius 2 is 1.92 bits per heavy atom. The van der Waals surface area contributed by atoms with Crippen molar-refractivity contribution < 1.29 is 19.1 Å². The summed E-state index contributed by atoms with van der Waals surface area (Å²) in [5.41, 5.74) is 1.51. The zero-order chi connectivity index (χ0) is 18.0. The largest absolute Gasteiger partial charge is 0.491 e. The van der Waals surface area contributed by atoms with Crippen LogP contribution in [0, 0.1) is 0 Å². The summed E-state index contributed by atoms with van der Waals surface area (Å²) >= 11 is 0. The Labute approximate surface area is 146 Å². The molecule has 1 heterocycles. The smallest absolute Gasteiger partial charge is 0.265 e. The van der Waals surface area contributed by atoms with Crippen molar-refractivity contribution >= 4 is 23.2 Å². The quantitative estimate of drug-likeness (QED) is 0.894. The third-order valence-electron chi connectivity index (χ3n) is 3.67. The molecule has 1 atom stereocenters. The van der Waals surface area contributed by atoms with E-state index in [1.54, 1.807) is 49.4 Å². The van der Waals surface area contributed by atoms with Crippen molar-refractivity contribution in [1.82, 2.24) is 0 Å². The summed E-state index contributed by atoms with van der Waals surface area (Å²) in [6.45, 7) is 5.54. The predicted octanol–water partition coefficient (Wildman–Crippen LogP) is 3.45. The molecule has 1 unspecified atom stereocenters. The fourth-order valence-electron chi connectivity index (χ4n) is 2.49. The Morgan fingerprint density at radius 3 is 2.60 bits per heavy atom. The number of carbonyl (C=O) groups excluding carboxylic acids is 2. The van der Waals surface area contributed by atoms with Crippen LogP contribution in [0.1, 0.15) is 31.1 Å². The van der Waals surface area contributed by atoms with Crippen molar-refractivity contribution in [3.8, 4) is 11.5 Å². The standard InChI is InChI=1S/C19H20N2O4/c1-11(2)24-14-9-7-13(8-10-14)20-19(23)15-5-4-6-16-17(15)25-12(3)18(22)21-16/h4-12H,1-3H3,(H,20,23)(H,21,22). The maximum absolute atomic E-state index is 12.6. The minimum Gasteiger partial charge on any atom is -0.491 e. The van der Waals surface area contributed by atoms with Gasteiger partial charge in [-0.1, -0.05) is 6.07 Å². The van der Waals surface area contributed by atoms with Gasteiger partial charge in [0.25, 0.3) is 11.8 Å². The van der Waals surface area contributed by atoms with Gasteiger partial charge in [0.2, 0.25) is 0 Å². The second-order valence-electron chi connectivity index (χ2n) is 6.08. The molecule has 130 valence electrons. The number of anilines is 2. The number of hydrogen-bond acceptors (Lipinski definition) is 4. The molecule has 2 N–H and O–H groups in total. The van der Waals surface area contributed by atoms with E-state index in [1.807, 2.05) is 13.8 Å². The van der Waals surface area contributed by atoms with Gasteiger partial charge in [-0.3, -0.25) is 9.59 Å². The molecule has 25 heavy (non-hydrogen) atoms. The molecule has 2 amide bonds. The summed E-state index contributed by atoms with van der Waals surface area (Å²) < 4.78 is 11.2. The molecule has 3 rings (SSSR count). The number of benzene rings is 2. The molecular weight excluding hydrogens is 320 g/mol. The van der Waals surface area contributed by atoms with E-state index >= 15 is 0 Å². The summed E-state index contributed by atoms with van der Waals surface area (Å²) in [5.74, 6) is 0.584. The Kier molecular flexibility index (Phi) is 4.61. The lowest BCUT2D eigenvalue weighted by Gasteiger charge is -2.25. The van der Waals surface area contributed by atoms with Gasteiger partial charge >= 0.3 is 0 Å². The molecule has 1 aliphatic heterocycles. The second-order valence-corrected chi connectivity index (χ2v) is 6.08. The molecule has 6 nitrogen and oxygen atoms in total. The lowest BCUT2D eigenvalue weighted by atomic mass is 10.1. The van der Waals surface area contributed by atoms with E-state index in [1.165, 1.54) is 0 Å². The molecule has 1 aliphatic rings. The van der Waals surface area contributed by atoms with Crippen LogP contribution in [-0.2, 0) is 4.79 Å². The first-order chi connectivity index (χ1) is 11.9. The molecule has 0 fully saturated rings. The van der Waals surface area contributed by atoms with Gasteiger partial charge < -0.3 is 20.1 Å². The Morgan fingerprint density at radius 1 is 1.20 bits per heavy atom. The third-order valence-corrected chi connectivity index (χ3v) is 3.67. The van der Waals surface area contributed by atoms with Crippen LogP contribution in [0.25, 0.3) is 0 Å². The van der Waals surface area contributed by atoms with Crippen molar-refractivity contribution in [2.24, 2.45) is 0 Å². The SMILES string of the molecule is CC(C)Oc1ccc(NC(=O)c2cccc3c2OC(C)C(=O)N3)cc1. The minimum atomic E-state index is -0.645. The van der Waals surface area contributed by atoms with E-state index in [0.29, 0.717) is 22.7 Å². The zero-order valence-corrected chi connectivity index (χ0v) is 14.3. The molecule has 0 aliphatic carbocycles.